The van der Waals surface area contributed by atoms with E-state index in [0.29, 0.717) is 25.9 Å². The fourth-order valence-electron chi connectivity index (χ4n) is 4.07. The average Bonchev–Trinajstić information content (AvgIpc) is 3.40. The van der Waals surface area contributed by atoms with Crippen molar-refractivity contribution in [2.24, 2.45) is 5.92 Å². The van der Waals surface area contributed by atoms with E-state index >= 15 is 0 Å². The predicted octanol–water partition coefficient (Wildman–Crippen LogP) is 2.74. The van der Waals surface area contributed by atoms with Crippen LogP contribution in [0.25, 0.3) is 0 Å². The largest absolute Gasteiger partial charge is 0.390 e. The third-order valence-corrected chi connectivity index (χ3v) is 7.11. The molecule has 3 atom stereocenters. The molecule has 3 heterocycles. The minimum Gasteiger partial charge on any atom is -0.390 e. The maximum atomic E-state index is 12.9. The van der Waals surface area contributed by atoms with Crippen molar-refractivity contribution in [1.29, 1.82) is 5.26 Å². The molecule has 0 aliphatic carbocycles. The molecule has 0 aromatic carbocycles. The van der Waals surface area contributed by atoms with Crippen LogP contribution in [-0.4, -0.2) is 52.7 Å². The Balaban J connectivity index is 1.52. The number of nitriles is 1. The third kappa shape index (κ3) is 5.07. The molecule has 1 fully saturated rings. The number of carbonyl (C=O) groups excluding carboxylic acids is 1. The first-order valence-corrected chi connectivity index (χ1v) is 11.4. The second kappa shape index (κ2) is 10.2. The Labute approximate surface area is 182 Å². The molecule has 6 nitrogen and oxygen atoms in total. The normalized spacial score (nSPS) is 20.8. The molecule has 30 heavy (non-hydrogen) atoms. The number of thiophene rings is 1. The van der Waals surface area contributed by atoms with E-state index in [1.807, 2.05) is 49.7 Å². The summed E-state index contributed by atoms with van der Waals surface area (Å²) in [7, 11) is 0. The molecule has 0 radical (unpaired) electrons. The summed E-state index contributed by atoms with van der Waals surface area (Å²) in [6.45, 7) is 5.63. The molecule has 3 rings (SSSR count). The molecule has 2 N–H and O–H groups in total. The number of rotatable bonds is 9. The molecule has 160 valence electrons. The zero-order valence-corrected chi connectivity index (χ0v) is 18.4. The van der Waals surface area contributed by atoms with Gasteiger partial charge in [-0.15, -0.1) is 11.3 Å². The number of pyridine rings is 1. The highest BCUT2D eigenvalue weighted by Crippen LogP contribution is 2.39. The van der Waals surface area contributed by atoms with Gasteiger partial charge in [-0.1, -0.05) is 26.0 Å². The van der Waals surface area contributed by atoms with Crippen LogP contribution < -0.4 is 5.32 Å². The van der Waals surface area contributed by atoms with Crippen molar-refractivity contribution in [2.75, 3.05) is 19.6 Å². The van der Waals surface area contributed by atoms with Gasteiger partial charge in [0, 0.05) is 36.8 Å². The molecule has 2 aromatic rings. The van der Waals surface area contributed by atoms with E-state index in [0.717, 1.165) is 23.4 Å². The summed E-state index contributed by atoms with van der Waals surface area (Å²) in [6, 6.07) is 10.2. The van der Waals surface area contributed by atoms with Gasteiger partial charge < -0.3 is 15.3 Å². The molecule has 1 saturated heterocycles. The lowest BCUT2D eigenvalue weighted by Crippen LogP contribution is -2.40. The number of aromatic nitrogens is 1. The Morgan fingerprint density at radius 2 is 2.27 bits per heavy atom. The van der Waals surface area contributed by atoms with Crippen LogP contribution in [0.3, 0.4) is 0 Å². The van der Waals surface area contributed by atoms with Crippen molar-refractivity contribution >= 4 is 17.2 Å². The fourth-order valence-corrected chi connectivity index (χ4v) is 5.12. The van der Waals surface area contributed by atoms with E-state index in [2.05, 4.69) is 16.4 Å². The monoisotopic (exact) mass is 426 g/mol. The van der Waals surface area contributed by atoms with Crippen molar-refractivity contribution in [3.05, 3.63) is 52.5 Å². The molecular weight excluding hydrogens is 396 g/mol. The number of amides is 1. The highest BCUT2D eigenvalue weighted by Gasteiger charge is 2.39. The van der Waals surface area contributed by atoms with Crippen LogP contribution in [0.1, 0.15) is 37.1 Å². The van der Waals surface area contributed by atoms with Gasteiger partial charge in [0.05, 0.1) is 23.6 Å². The maximum absolute atomic E-state index is 12.9. The summed E-state index contributed by atoms with van der Waals surface area (Å²) in [6.07, 6.45) is 4.63. The van der Waals surface area contributed by atoms with Gasteiger partial charge in [-0.2, -0.15) is 5.26 Å². The fraction of sp³-hybridized carbons (Fsp3) is 0.522. The summed E-state index contributed by atoms with van der Waals surface area (Å²) in [5.74, 6) is 0.113. The van der Waals surface area contributed by atoms with E-state index in [1.54, 1.807) is 22.4 Å². The molecule has 1 aliphatic heterocycles. The summed E-state index contributed by atoms with van der Waals surface area (Å²) in [4.78, 5) is 19.7. The zero-order chi connectivity index (χ0) is 21.6. The van der Waals surface area contributed by atoms with Crippen LogP contribution in [0.2, 0.25) is 0 Å². The van der Waals surface area contributed by atoms with E-state index in [4.69, 9.17) is 0 Å². The number of likely N-dealkylation sites (tertiary alicyclic amines) is 1. The number of nitrogens with zero attached hydrogens (tertiary/aromatic N) is 3. The van der Waals surface area contributed by atoms with Crippen molar-refractivity contribution in [3.8, 4) is 6.07 Å². The Kier molecular flexibility index (Phi) is 7.59. The SMILES string of the molecule is CC(C)C(C#N)(CCC(=O)N1CC(O)C(NCCc2cccnc2)C1)c1cccs1. The van der Waals surface area contributed by atoms with E-state index in [9.17, 15) is 15.2 Å². The van der Waals surface area contributed by atoms with Gasteiger partial charge in [0.15, 0.2) is 0 Å². The smallest absolute Gasteiger partial charge is 0.222 e. The summed E-state index contributed by atoms with van der Waals surface area (Å²) < 4.78 is 0. The van der Waals surface area contributed by atoms with Crippen LogP contribution in [0.4, 0.5) is 0 Å². The third-order valence-electron chi connectivity index (χ3n) is 6.06. The summed E-state index contributed by atoms with van der Waals surface area (Å²) in [5, 5.41) is 25.7. The predicted molar refractivity (Wildman–Crippen MR) is 118 cm³/mol. The minimum atomic E-state index is -0.649. The molecule has 3 unspecified atom stereocenters. The average molecular weight is 427 g/mol. The number of hydrogen-bond acceptors (Lipinski definition) is 6. The quantitative estimate of drug-likeness (QED) is 0.644. The highest BCUT2D eigenvalue weighted by atomic mass is 32.1. The minimum absolute atomic E-state index is 0.00226. The lowest BCUT2D eigenvalue weighted by atomic mass is 9.73. The van der Waals surface area contributed by atoms with E-state index in [1.165, 1.54) is 0 Å². The van der Waals surface area contributed by atoms with Gasteiger partial charge in [0.25, 0.3) is 0 Å². The summed E-state index contributed by atoms with van der Waals surface area (Å²) >= 11 is 1.57. The number of aliphatic hydroxyl groups excluding tert-OH is 1. The van der Waals surface area contributed by atoms with Gasteiger partial charge >= 0.3 is 0 Å². The van der Waals surface area contributed by atoms with E-state index < -0.39 is 11.5 Å². The topological polar surface area (TPSA) is 89.2 Å². The van der Waals surface area contributed by atoms with Gasteiger partial charge in [0.1, 0.15) is 0 Å². The number of aliphatic hydroxyl groups is 1. The maximum Gasteiger partial charge on any atom is 0.222 e. The zero-order valence-electron chi connectivity index (χ0n) is 17.6. The van der Waals surface area contributed by atoms with Crippen LogP contribution in [-0.2, 0) is 16.6 Å². The Bertz CT molecular complexity index is 850. The van der Waals surface area contributed by atoms with Crippen molar-refractivity contribution in [2.45, 2.75) is 50.7 Å². The standard InChI is InChI=1S/C23H30N4O2S/c1-17(2)23(16-24,21-6-4-12-30-21)9-7-22(29)27-14-19(20(28)15-27)26-11-8-18-5-3-10-25-13-18/h3-6,10,12-13,17,19-20,26,28H,7-9,11,14-15H2,1-2H3. The molecule has 0 spiro atoms. The number of carbonyl (C=O) groups is 1. The van der Waals surface area contributed by atoms with Crippen molar-refractivity contribution < 1.29 is 9.90 Å². The van der Waals surface area contributed by atoms with Gasteiger partial charge in [-0.25, -0.2) is 0 Å². The van der Waals surface area contributed by atoms with Crippen LogP contribution in [0.5, 0.6) is 0 Å². The number of hydrogen-bond donors (Lipinski definition) is 2. The molecular formula is C23H30N4O2S. The molecule has 2 aromatic heterocycles. The first-order chi connectivity index (χ1) is 14.5. The Morgan fingerprint density at radius 1 is 1.43 bits per heavy atom. The highest BCUT2D eigenvalue weighted by molar-refractivity contribution is 7.10. The molecule has 1 aliphatic rings. The van der Waals surface area contributed by atoms with E-state index in [-0.39, 0.29) is 17.9 Å². The summed E-state index contributed by atoms with van der Waals surface area (Å²) in [5.41, 5.74) is 0.490. The van der Waals surface area contributed by atoms with Gasteiger partial charge in [-0.05, 0) is 48.4 Å². The van der Waals surface area contributed by atoms with Crippen molar-refractivity contribution in [3.63, 3.8) is 0 Å². The lowest BCUT2D eigenvalue weighted by Gasteiger charge is -2.30. The number of nitrogens with one attached hydrogen (secondary N) is 1. The van der Waals surface area contributed by atoms with Crippen LogP contribution in [0, 0.1) is 17.2 Å². The molecule has 1 amide bonds. The van der Waals surface area contributed by atoms with Crippen LogP contribution in [0.15, 0.2) is 42.0 Å². The van der Waals surface area contributed by atoms with Crippen LogP contribution >= 0.6 is 11.3 Å². The first kappa shape index (κ1) is 22.4. The second-order valence-corrected chi connectivity index (χ2v) is 9.20. The second-order valence-electron chi connectivity index (χ2n) is 8.25. The molecule has 0 bridgehead atoms. The van der Waals surface area contributed by atoms with Gasteiger partial charge in [0.2, 0.25) is 5.91 Å². The van der Waals surface area contributed by atoms with Gasteiger partial charge in [-0.3, -0.25) is 9.78 Å². The van der Waals surface area contributed by atoms with Crippen molar-refractivity contribution in [1.82, 2.24) is 15.2 Å². The Hall–Kier alpha value is -2.27. The molecule has 0 saturated carbocycles. The molecule has 7 heteroatoms. The first-order valence-electron chi connectivity index (χ1n) is 10.5. The Morgan fingerprint density at radius 3 is 2.90 bits per heavy atom. The number of β-amino-alcohol motifs (C(OH)–C–C–N with tert-alkyl or cyclic N) is 1. The lowest BCUT2D eigenvalue weighted by molar-refractivity contribution is -0.130.